The van der Waals surface area contributed by atoms with E-state index in [4.69, 9.17) is 0 Å². The van der Waals surface area contributed by atoms with E-state index in [-0.39, 0.29) is 11.3 Å². The Kier molecular flexibility index (Phi) is 3.35. The molecule has 2 nitrogen and oxygen atoms in total. The highest BCUT2D eigenvalue weighted by molar-refractivity contribution is 8.00. The van der Waals surface area contributed by atoms with Gasteiger partial charge in [-0.05, 0) is 28.5 Å². The zero-order valence-electron chi connectivity index (χ0n) is 12.0. The highest BCUT2D eigenvalue weighted by Gasteiger charge is 2.34. The van der Waals surface area contributed by atoms with Crippen molar-refractivity contribution in [3.05, 3.63) is 78.4 Å². The molecule has 1 heterocycles. The molecular weight excluding hydrogens is 290 g/mol. The second kappa shape index (κ2) is 5.50. The molecule has 0 aromatic heterocycles. The molecule has 3 heteroatoms. The molecule has 0 saturated carbocycles. The van der Waals surface area contributed by atoms with Crippen molar-refractivity contribution in [1.29, 1.82) is 0 Å². The number of carbonyl (C=O) groups is 1. The number of amides is 1. The van der Waals surface area contributed by atoms with Gasteiger partial charge in [0.15, 0.2) is 0 Å². The largest absolute Gasteiger partial charge is 0.295 e. The molecule has 0 N–H and O–H groups in total. The molecule has 1 fully saturated rings. The van der Waals surface area contributed by atoms with Gasteiger partial charge in [-0.3, -0.25) is 9.69 Å². The fraction of sp³-hybridized carbons (Fsp3) is 0.105. The Morgan fingerprint density at radius 2 is 1.59 bits per heavy atom. The van der Waals surface area contributed by atoms with Crippen molar-refractivity contribution in [1.82, 2.24) is 0 Å². The summed E-state index contributed by atoms with van der Waals surface area (Å²) in [5.74, 6) is 0.706. The van der Waals surface area contributed by atoms with E-state index in [1.54, 1.807) is 11.8 Å². The fourth-order valence-corrected chi connectivity index (χ4v) is 4.20. The van der Waals surface area contributed by atoms with Crippen LogP contribution in [0.3, 0.4) is 0 Å². The van der Waals surface area contributed by atoms with Gasteiger partial charge in [-0.2, -0.15) is 0 Å². The standard InChI is InChI=1S/C19H15NOS/c21-18-13-22-19(20(18)15-9-2-1-3-10-15)17-12-6-8-14-7-4-5-11-16(14)17/h1-12,19H,13H2/t19-/m0/s1. The average Bonchev–Trinajstić information content (AvgIpc) is 2.96. The Morgan fingerprint density at radius 3 is 2.45 bits per heavy atom. The second-order valence-electron chi connectivity index (χ2n) is 5.33. The normalized spacial score (nSPS) is 18.1. The van der Waals surface area contributed by atoms with Crippen molar-refractivity contribution >= 4 is 34.1 Å². The van der Waals surface area contributed by atoms with Crippen molar-refractivity contribution in [2.45, 2.75) is 5.37 Å². The van der Waals surface area contributed by atoms with Crippen molar-refractivity contribution in [3.63, 3.8) is 0 Å². The zero-order valence-corrected chi connectivity index (χ0v) is 12.8. The second-order valence-corrected chi connectivity index (χ2v) is 6.40. The maximum Gasteiger partial charge on any atom is 0.238 e. The van der Waals surface area contributed by atoms with Crippen LogP contribution in [-0.2, 0) is 4.79 Å². The van der Waals surface area contributed by atoms with E-state index in [9.17, 15) is 4.79 Å². The summed E-state index contributed by atoms with van der Waals surface area (Å²) in [6.07, 6.45) is 0. The van der Waals surface area contributed by atoms with Gasteiger partial charge in [-0.25, -0.2) is 0 Å². The highest BCUT2D eigenvalue weighted by atomic mass is 32.2. The first-order valence-electron chi connectivity index (χ1n) is 7.31. The molecule has 1 amide bonds. The lowest BCUT2D eigenvalue weighted by atomic mass is 10.0. The summed E-state index contributed by atoms with van der Waals surface area (Å²) in [7, 11) is 0. The Labute approximate surface area is 133 Å². The molecule has 1 saturated heterocycles. The molecule has 0 unspecified atom stereocenters. The monoisotopic (exact) mass is 305 g/mol. The number of anilines is 1. The molecule has 1 atom stereocenters. The first-order chi connectivity index (χ1) is 10.8. The van der Waals surface area contributed by atoms with Crippen LogP contribution in [0.1, 0.15) is 10.9 Å². The predicted octanol–water partition coefficient (Wildman–Crippen LogP) is 4.62. The number of benzene rings is 3. The van der Waals surface area contributed by atoms with E-state index < -0.39 is 0 Å². The smallest absolute Gasteiger partial charge is 0.238 e. The number of thioether (sulfide) groups is 1. The summed E-state index contributed by atoms with van der Waals surface area (Å²) >= 11 is 1.70. The molecular formula is C19H15NOS. The van der Waals surface area contributed by atoms with Gasteiger partial charge in [-0.15, -0.1) is 11.8 Å². The molecule has 1 aliphatic heterocycles. The van der Waals surface area contributed by atoms with Gasteiger partial charge in [0.2, 0.25) is 5.91 Å². The third-order valence-corrected chi connectivity index (χ3v) is 5.19. The van der Waals surface area contributed by atoms with Gasteiger partial charge >= 0.3 is 0 Å². The van der Waals surface area contributed by atoms with E-state index in [0.29, 0.717) is 5.75 Å². The van der Waals surface area contributed by atoms with Gasteiger partial charge in [0.1, 0.15) is 5.37 Å². The summed E-state index contributed by atoms with van der Waals surface area (Å²) < 4.78 is 0. The van der Waals surface area contributed by atoms with E-state index in [1.807, 2.05) is 41.3 Å². The lowest BCUT2D eigenvalue weighted by Gasteiger charge is -2.25. The molecule has 108 valence electrons. The van der Waals surface area contributed by atoms with Crippen molar-refractivity contribution in [2.75, 3.05) is 10.7 Å². The average molecular weight is 305 g/mol. The van der Waals surface area contributed by atoms with Crippen molar-refractivity contribution < 1.29 is 4.79 Å². The topological polar surface area (TPSA) is 20.3 Å². The molecule has 4 rings (SSSR count). The van der Waals surface area contributed by atoms with Gasteiger partial charge in [0.25, 0.3) is 0 Å². The van der Waals surface area contributed by atoms with Crippen LogP contribution in [0, 0.1) is 0 Å². The number of rotatable bonds is 2. The van der Waals surface area contributed by atoms with Crippen LogP contribution in [0.15, 0.2) is 72.8 Å². The van der Waals surface area contributed by atoms with Crippen LogP contribution in [-0.4, -0.2) is 11.7 Å². The van der Waals surface area contributed by atoms with E-state index in [2.05, 4.69) is 36.4 Å². The number of carbonyl (C=O) groups excluding carboxylic acids is 1. The fourth-order valence-electron chi connectivity index (χ4n) is 2.99. The summed E-state index contributed by atoms with van der Waals surface area (Å²) in [6, 6.07) is 24.6. The number of hydrogen-bond donors (Lipinski definition) is 0. The number of nitrogens with zero attached hydrogens (tertiary/aromatic N) is 1. The summed E-state index contributed by atoms with van der Waals surface area (Å²) in [4.78, 5) is 14.3. The van der Waals surface area contributed by atoms with Crippen LogP contribution >= 0.6 is 11.8 Å². The minimum atomic E-state index is 0.0426. The first-order valence-corrected chi connectivity index (χ1v) is 8.36. The van der Waals surface area contributed by atoms with E-state index >= 15 is 0 Å². The number of fused-ring (bicyclic) bond motifs is 1. The molecule has 0 radical (unpaired) electrons. The minimum absolute atomic E-state index is 0.0426. The maximum atomic E-state index is 12.4. The first kappa shape index (κ1) is 13.4. The van der Waals surface area contributed by atoms with Crippen molar-refractivity contribution in [2.24, 2.45) is 0 Å². The van der Waals surface area contributed by atoms with E-state index in [1.165, 1.54) is 16.3 Å². The molecule has 3 aromatic carbocycles. The van der Waals surface area contributed by atoms with Crippen LogP contribution < -0.4 is 4.90 Å². The zero-order chi connectivity index (χ0) is 14.9. The molecule has 1 aliphatic rings. The number of para-hydroxylation sites is 1. The molecule has 0 bridgehead atoms. The summed E-state index contributed by atoms with van der Waals surface area (Å²) in [6.45, 7) is 0. The molecule has 0 aliphatic carbocycles. The predicted molar refractivity (Wildman–Crippen MR) is 93.1 cm³/mol. The van der Waals surface area contributed by atoms with Crippen LogP contribution in [0.25, 0.3) is 10.8 Å². The van der Waals surface area contributed by atoms with Gasteiger partial charge in [0.05, 0.1) is 5.75 Å². The quantitative estimate of drug-likeness (QED) is 0.688. The lowest BCUT2D eigenvalue weighted by Crippen LogP contribution is -2.27. The Hall–Kier alpha value is -2.26. The third-order valence-electron chi connectivity index (χ3n) is 3.99. The van der Waals surface area contributed by atoms with E-state index in [0.717, 1.165) is 5.69 Å². The minimum Gasteiger partial charge on any atom is -0.295 e. The maximum absolute atomic E-state index is 12.4. The third kappa shape index (κ3) is 2.18. The molecule has 0 spiro atoms. The Morgan fingerprint density at radius 1 is 0.864 bits per heavy atom. The molecule has 22 heavy (non-hydrogen) atoms. The highest BCUT2D eigenvalue weighted by Crippen LogP contribution is 2.43. The Bertz CT molecular complexity index is 826. The van der Waals surface area contributed by atoms with Gasteiger partial charge in [-0.1, -0.05) is 60.7 Å². The number of hydrogen-bond acceptors (Lipinski definition) is 2. The van der Waals surface area contributed by atoms with Crippen LogP contribution in [0.2, 0.25) is 0 Å². The summed E-state index contributed by atoms with van der Waals surface area (Å²) in [5.41, 5.74) is 2.17. The molecule has 3 aromatic rings. The van der Waals surface area contributed by atoms with Crippen LogP contribution in [0.5, 0.6) is 0 Å². The van der Waals surface area contributed by atoms with Gasteiger partial charge in [0, 0.05) is 5.69 Å². The Balaban J connectivity index is 1.85. The summed E-state index contributed by atoms with van der Waals surface area (Å²) in [5, 5.41) is 2.48. The SMILES string of the molecule is O=C1CS[C@@H](c2cccc3ccccc23)N1c1ccccc1. The van der Waals surface area contributed by atoms with Crippen molar-refractivity contribution in [3.8, 4) is 0 Å². The van der Waals surface area contributed by atoms with Crippen LogP contribution in [0.4, 0.5) is 5.69 Å². The van der Waals surface area contributed by atoms with Gasteiger partial charge < -0.3 is 0 Å². The lowest BCUT2D eigenvalue weighted by molar-refractivity contribution is -0.115.